The second-order valence-electron chi connectivity index (χ2n) is 11.7. The molecular weight excluding hydrogens is 478 g/mol. The molecule has 2 saturated heterocycles. The van der Waals surface area contributed by atoms with E-state index in [1.165, 1.54) is 6.92 Å². The molecule has 0 bridgehead atoms. The van der Waals surface area contributed by atoms with Gasteiger partial charge < -0.3 is 29.3 Å². The molecule has 4 unspecified atom stereocenters. The van der Waals surface area contributed by atoms with Crippen molar-refractivity contribution in [1.82, 2.24) is 4.90 Å². The van der Waals surface area contributed by atoms with E-state index in [9.17, 15) is 24.6 Å². The predicted molar refractivity (Wildman–Crippen MR) is 139 cm³/mol. The lowest BCUT2D eigenvalue weighted by Gasteiger charge is -2.43. The van der Waals surface area contributed by atoms with Crippen LogP contribution in [0.4, 0.5) is 0 Å². The number of hydrogen-bond donors (Lipinski definition) is 2. The van der Waals surface area contributed by atoms with Gasteiger partial charge in [0.15, 0.2) is 12.1 Å². The number of likely N-dealkylation sites (N-methyl/N-ethyl adjacent to an activating group) is 1. The predicted octanol–water partition coefficient (Wildman–Crippen LogP) is 2.59. The Kier molecular flexibility index (Phi) is 11.7. The lowest BCUT2D eigenvalue weighted by atomic mass is 9.79. The maximum absolute atomic E-state index is 13.5. The average molecular weight is 528 g/mol. The Bertz CT molecular complexity index is 788. The van der Waals surface area contributed by atoms with Crippen LogP contribution in [0.15, 0.2) is 0 Å². The molecule has 0 radical (unpaired) electrons. The molecule has 2 rings (SSSR count). The highest BCUT2D eigenvalue weighted by Gasteiger charge is 2.44. The van der Waals surface area contributed by atoms with E-state index in [0.29, 0.717) is 19.3 Å². The molecule has 37 heavy (non-hydrogen) atoms. The first kappa shape index (κ1) is 31.8. The molecule has 9 heteroatoms. The topological polar surface area (TPSA) is 123 Å². The van der Waals surface area contributed by atoms with E-state index in [0.717, 1.165) is 0 Å². The van der Waals surface area contributed by atoms with Crippen LogP contribution < -0.4 is 0 Å². The first-order valence-corrected chi connectivity index (χ1v) is 13.8. The SMILES string of the molecule is CC[C@H]1OC(=O)[C@H](C)C(=O)[C@H](C)[C@@H](OC2OC(C)CC(N(C)C)C2O)[C@@H](C)C[C@@H](C)C(=O)C[C@@H](O)[C@H]1C. The van der Waals surface area contributed by atoms with Gasteiger partial charge in [-0.05, 0) is 53.1 Å². The zero-order chi connectivity index (χ0) is 28.2. The fourth-order valence-electron chi connectivity index (χ4n) is 5.70. The Hall–Kier alpha value is -1.39. The zero-order valence-corrected chi connectivity index (χ0v) is 24.0. The van der Waals surface area contributed by atoms with Crippen molar-refractivity contribution in [3.8, 4) is 0 Å². The number of carbonyl (C=O) groups excluding carboxylic acids is 3. The van der Waals surface area contributed by atoms with Gasteiger partial charge in [0.05, 0.1) is 18.3 Å². The molecule has 0 aromatic carbocycles. The van der Waals surface area contributed by atoms with Gasteiger partial charge in [-0.2, -0.15) is 0 Å². The molecule has 2 heterocycles. The maximum Gasteiger partial charge on any atom is 0.316 e. The van der Waals surface area contributed by atoms with Gasteiger partial charge in [0.25, 0.3) is 0 Å². The van der Waals surface area contributed by atoms with E-state index in [1.54, 1.807) is 13.8 Å². The van der Waals surface area contributed by atoms with Crippen LogP contribution in [0.25, 0.3) is 0 Å². The van der Waals surface area contributed by atoms with Crippen molar-refractivity contribution in [1.29, 1.82) is 0 Å². The van der Waals surface area contributed by atoms with Crippen LogP contribution in [-0.2, 0) is 28.6 Å². The van der Waals surface area contributed by atoms with E-state index >= 15 is 0 Å². The van der Waals surface area contributed by atoms with Crippen molar-refractivity contribution in [3.05, 3.63) is 0 Å². The fraction of sp³-hybridized carbons (Fsp3) is 0.893. The summed E-state index contributed by atoms with van der Waals surface area (Å²) in [4.78, 5) is 41.4. The quantitative estimate of drug-likeness (QED) is 0.419. The van der Waals surface area contributed by atoms with Crippen molar-refractivity contribution in [2.24, 2.45) is 29.6 Å². The summed E-state index contributed by atoms with van der Waals surface area (Å²) in [5.74, 6) is -3.91. The third-order valence-electron chi connectivity index (χ3n) is 8.40. The van der Waals surface area contributed by atoms with Crippen LogP contribution in [0.5, 0.6) is 0 Å². The van der Waals surface area contributed by atoms with E-state index in [1.807, 2.05) is 46.7 Å². The number of carbonyl (C=O) groups is 3. The number of nitrogens with zero attached hydrogens (tertiary/aromatic N) is 1. The normalized spacial score (nSPS) is 43.4. The number of Topliss-reactive ketones (excluding diaryl/α,β-unsaturated/α-hetero) is 2. The summed E-state index contributed by atoms with van der Waals surface area (Å²) in [6.45, 7) is 12.5. The highest BCUT2D eigenvalue weighted by atomic mass is 16.7. The van der Waals surface area contributed by atoms with Gasteiger partial charge in [-0.25, -0.2) is 0 Å². The molecule has 2 fully saturated rings. The molecule has 2 aliphatic rings. The molecule has 9 nitrogen and oxygen atoms in total. The standard InChI is InChI=1S/C28H49NO8/c1-10-23-17(5)22(31)13-21(30)14(2)11-15(3)26(18(6)24(32)19(7)27(34)36-23)37-28-25(33)20(29(8)9)12-16(4)35-28/h14-20,22-23,25-26,28,31,33H,10-13H2,1-9H3/t14-,15+,16?,17-,18+,19-,20?,22-,23-,25?,26+,28?/m1/s1. The molecule has 0 aromatic heterocycles. The highest BCUT2D eigenvalue weighted by Crippen LogP contribution is 2.33. The number of esters is 1. The summed E-state index contributed by atoms with van der Waals surface area (Å²) >= 11 is 0. The van der Waals surface area contributed by atoms with E-state index in [2.05, 4.69) is 0 Å². The Labute approximate surface area is 222 Å². The van der Waals surface area contributed by atoms with Gasteiger partial charge in [-0.3, -0.25) is 14.4 Å². The molecular formula is C28H49NO8. The molecule has 12 atom stereocenters. The van der Waals surface area contributed by atoms with Crippen molar-refractivity contribution in [3.63, 3.8) is 0 Å². The lowest BCUT2D eigenvalue weighted by Crippen LogP contribution is -2.56. The number of hydrogen-bond acceptors (Lipinski definition) is 9. The summed E-state index contributed by atoms with van der Waals surface area (Å²) in [5.41, 5.74) is 0. The summed E-state index contributed by atoms with van der Waals surface area (Å²) in [6, 6.07) is -0.183. The van der Waals surface area contributed by atoms with Gasteiger partial charge in [0, 0.05) is 30.2 Å². The first-order chi connectivity index (χ1) is 17.2. The lowest BCUT2D eigenvalue weighted by molar-refractivity contribution is -0.278. The number of rotatable bonds is 4. The first-order valence-electron chi connectivity index (χ1n) is 13.8. The second kappa shape index (κ2) is 13.6. The third-order valence-corrected chi connectivity index (χ3v) is 8.40. The third kappa shape index (κ3) is 7.82. The molecule has 214 valence electrons. The van der Waals surface area contributed by atoms with Gasteiger partial charge in [0.1, 0.15) is 23.9 Å². The summed E-state index contributed by atoms with van der Waals surface area (Å²) in [7, 11) is 3.78. The number of aliphatic hydroxyl groups is 2. The second-order valence-corrected chi connectivity index (χ2v) is 11.7. The molecule has 0 spiro atoms. The monoisotopic (exact) mass is 527 g/mol. The van der Waals surface area contributed by atoms with Crippen molar-refractivity contribution >= 4 is 17.5 Å². The maximum atomic E-state index is 13.5. The number of ether oxygens (including phenoxy) is 3. The van der Waals surface area contributed by atoms with Crippen LogP contribution in [0.1, 0.15) is 74.1 Å². The number of aliphatic hydroxyl groups excluding tert-OH is 2. The largest absolute Gasteiger partial charge is 0.461 e. The van der Waals surface area contributed by atoms with Crippen molar-refractivity contribution in [2.45, 2.75) is 117 Å². The van der Waals surface area contributed by atoms with Crippen molar-refractivity contribution < 1.29 is 38.8 Å². The molecule has 2 aliphatic heterocycles. The van der Waals surface area contributed by atoms with Gasteiger partial charge in [-0.1, -0.05) is 34.6 Å². The summed E-state index contributed by atoms with van der Waals surface area (Å²) in [6.07, 6.45) is -2.86. The van der Waals surface area contributed by atoms with E-state index < -0.39 is 54.4 Å². The van der Waals surface area contributed by atoms with Gasteiger partial charge in [-0.15, -0.1) is 0 Å². The molecule has 0 aromatic rings. The minimum atomic E-state index is -1.03. The fourth-order valence-corrected chi connectivity index (χ4v) is 5.70. The molecule has 2 N–H and O–H groups in total. The van der Waals surface area contributed by atoms with Crippen molar-refractivity contribution in [2.75, 3.05) is 14.1 Å². The van der Waals surface area contributed by atoms with Gasteiger partial charge >= 0.3 is 5.97 Å². The highest BCUT2D eigenvalue weighted by molar-refractivity contribution is 6.00. The van der Waals surface area contributed by atoms with E-state index in [-0.39, 0.29) is 42.0 Å². The smallest absolute Gasteiger partial charge is 0.316 e. The Balaban J connectivity index is 2.40. The van der Waals surface area contributed by atoms with Crippen LogP contribution in [0.3, 0.4) is 0 Å². The Morgan fingerprint density at radius 3 is 2.19 bits per heavy atom. The van der Waals surface area contributed by atoms with Crippen LogP contribution in [0.2, 0.25) is 0 Å². The zero-order valence-electron chi connectivity index (χ0n) is 24.0. The number of ketones is 2. The molecule has 0 amide bonds. The number of cyclic esters (lactones) is 1. The minimum Gasteiger partial charge on any atom is -0.461 e. The van der Waals surface area contributed by atoms with E-state index in [4.69, 9.17) is 14.2 Å². The molecule has 0 saturated carbocycles. The summed E-state index contributed by atoms with van der Waals surface area (Å²) in [5, 5.41) is 21.8. The van der Waals surface area contributed by atoms with Crippen LogP contribution in [0, 0.1) is 29.6 Å². The van der Waals surface area contributed by atoms with Crippen LogP contribution in [-0.4, -0.2) is 89.6 Å². The van der Waals surface area contributed by atoms with Crippen LogP contribution >= 0.6 is 0 Å². The van der Waals surface area contributed by atoms with Gasteiger partial charge in [0.2, 0.25) is 0 Å². The average Bonchev–Trinajstić information content (AvgIpc) is 2.84. The Morgan fingerprint density at radius 1 is 1.00 bits per heavy atom. The Morgan fingerprint density at radius 2 is 1.62 bits per heavy atom. The molecule has 0 aliphatic carbocycles. The summed E-state index contributed by atoms with van der Waals surface area (Å²) < 4.78 is 18.0. The minimum absolute atomic E-state index is 0.0366.